The largest absolute Gasteiger partial charge is 0.467 e. The molecule has 1 aliphatic heterocycles. The average molecular weight is 356 g/mol. The Bertz CT molecular complexity index is 482. The first-order valence-corrected chi connectivity index (χ1v) is 8.48. The van der Waals surface area contributed by atoms with Crippen molar-refractivity contribution >= 4 is 18.0 Å². The molecule has 3 atom stereocenters. The van der Waals surface area contributed by atoms with Crippen molar-refractivity contribution in [3.05, 3.63) is 12.7 Å². The first-order chi connectivity index (χ1) is 11.9. The van der Waals surface area contributed by atoms with Gasteiger partial charge in [-0.25, -0.2) is 9.59 Å². The maximum Gasteiger partial charge on any atom is 0.407 e. The number of hydrogen-bond acceptors (Lipinski definition) is 6. The van der Waals surface area contributed by atoms with Crippen molar-refractivity contribution in [1.29, 1.82) is 0 Å². The molecule has 25 heavy (non-hydrogen) atoms. The fraction of sp³-hybridized carbons (Fsp3) is 0.706. The molecule has 142 valence electrons. The maximum absolute atomic E-state index is 12.6. The summed E-state index contributed by atoms with van der Waals surface area (Å²) in [5, 5.41) is 2.49. The second kappa shape index (κ2) is 10.7. The van der Waals surface area contributed by atoms with Crippen LogP contribution in [0.3, 0.4) is 0 Å². The quantitative estimate of drug-likeness (QED) is 0.380. The summed E-state index contributed by atoms with van der Waals surface area (Å²) in [6, 6.07) is -1.55. The molecule has 0 saturated carbocycles. The highest BCUT2D eigenvalue weighted by atomic mass is 16.5. The monoisotopic (exact) mass is 356 g/mol. The van der Waals surface area contributed by atoms with Crippen molar-refractivity contribution < 1.29 is 28.6 Å². The summed E-state index contributed by atoms with van der Waals surface area (Å²) in [6.07, 6.45) is 2.68. The minimum Gasteiger partial charge on any atom is -0.467 e. The van der Waals surface area contributed by atoms with Crippen LogP contribution in [-0.2, 0) is 23.8 Å². The van der Waals surface area contributed by atoms with E-state index in [1.165, 1.54) is 12.0 Å². The molecule has 1 rings (SSSR count). The van der Waals surface area contributed by atoms with E-state index in [1.807, 2.05) is 6.92 Å². The van der Waals surface area contributed by atoms with Gasteiger partial charge in [0.2, 0.25) is 5.91 Å². The van der Waals surface area contributed by atoms with E-state index in [1.54, 1.807) is 13.0 Å². The third-order valence-electron chi connectivity index (χ3n) is 3.90. The summed E-state index contributed by atoms with van der Waals surface area (Å²) in [4.78, 5) is 37.7. The normalized spacial score (nSPS) is 20.7. The van der Waals surface area contributed by atoms with E-state index in [0.29, 0.717) is 19.6 Å². The molecular formula is C17H28N2O6. The van der Waals surface area contributed by atoms with E-state index >= 15 is 0 Å². The van der Waals surface area contributed by atoms with Gasteiger partial charge in [-0.1, -0.05) is 19.4 Å². The summed E-state index contributed by atoms with van der Waals surface area (Å²) in [7, 11) is 1.27. The molecule has 0 aromatic heterocycles. The number of hydrogen-bond donors (Lipinski definition) is 1. The van der Waals surface area contributed by atoms with Gasteiger partial charge in [0, 0.05) is 13.0 Å². The maximum atomic E-state index is 12.6. The van der Waals surface area contributed by atoms with E-state index < -0.39 is 24.1 Å². The second-order valence-electron chi connectivity index (χ2n) is 5.86. The molecule has 0 aliphatic carbocycles. The lowest BCUT2D eigenvalue weighted by molar-refractivity contribution is -0.151. The summed E-state index contributed by atoms with van der Waals surface area (Å²) in [5.74, 6) is -0.886. The zero-order chi connectivity index (χ0) is 18.8. The smallest absolute Gasteiger partial charge is 0.407 e. The summed E-state index contributed by atoms with van der Waals surface area (Å²) < 4.78 is 15.3. The van der Waals surface area contributed by atoms with Crippen LogP contribution < -0.4 is 5.32 Å². The van der Waals surface area contributed by atoms with Crippen LogP contribution in [0.2, 0.25) is 0 Å². The second-order valence-corrected chi connectivity index (χ2v) is 5.86. The lowest BCUT2D eigenvalue weighted by Gasteiger charge is -2.25. The van der Waals surface area contributed by atoms with Gasteiger partial charge in [-0.3, -0.25) is 4.79 Å². The Morgan fingerprint density at radius 3 is 2.72 bits per heavy atom. The van der Waals surface area contributed by atoms with Crippen LogP contribution in [0.25, 0.3) is 0 Å². The SMILES string of the molecule is C=CCOC1C[C@@H](C(=O)OC)N(C(=O)[C@H](C)NC(=O)OCCCC)C1. The van der Waals surface area contributed by atoms with Crippen molar-refractivity contribution in [2.75, 3.05) is 26.9 Å². The van der Waals surface area contributed by atoms with Crippen LogP contribution in [-0.4, -0.2) is 67.9 Å². The molecule has 0 aromatic rings. The Morgan fingerprint density at radius 1 is 1.40 bits per heavy atom. The van der Waals surface area contributed by atoms with Crippen molar-refractivity contribution in [3.8, 4) is 0 Å². The first kappa shape index (κ1) is 21.0. The molecule has 1 unspecified atom stereocenters. The Hall–Kier alpha value is -2.09. The summed E-state index contributed by atoms with van der Waals surface area (Å²) in [5.41, 5.74) is 0. The number of methoxy groups -OCH3 is 1. The Kier molecular flexibility index (Phi) is 8.98. The van der Waals surface area contributed by atoms with Crippen LogP contribution in [0.5, 0.6) is 0 Å². The predicted octanol–water partition coefficient (Wildman–Crippen LogP) is 1.25. The number of carbonyl (C=O) groups excluding carboxylic acids is 3. The van der Waals surface area contributed by atoms with Gasteiger partial charge in [0.1, 0.15) is 12.1 Å². The van der Waals surface area contributed by atoms with Gasteiger partial charge in [0.25, 0.3) is 0 Å². The topological polar surface area (TPSA) is 94.2 Å². The molecule has 0 aromatic carbocycles. The molecule has 0 spiro atoms. The predicted molar refractivity (Wildman–Crippen MR) is 90.9 cm³/mol. The van der Waals surface area contributed by atoms with Crippen LogP contribution in [0.4, 0.5) is 4.79 Å². The lowest BCUT2D eigenvalue weighted by Crippen LogP contribution is -2.50. The van der Waals surface area contributed by atoms with E-state index in [2.05, 4.69) is 11.9 Å². The van der Waals surface area contributed by atoms with E-state index in [4.69, 9.17) is 14.2 Å². The highest BCUT2D eigenvalue weighted by Gasteiger charge is 2.42. The van der Waals surface area contributed by atoms with Gasteiger partial charge >= 0.3 is 12.1 Å². The molecule has 0 bridgehead atoms. The Labute approximate surface area is 148 Å². The molecule has 8 heteroatoms. The number of likely N-dealkylation sites (tertiary alicyclic amines) is 1. The highest BCUT2D eigenvalue weighted by molar-refractivity contribution is 5.90. The minimum atomic E-state index is -0.820. The number of nitrogens with zero attached hydrogens (tertiary/aromatic N) is 1. The zero-order valence-electron chi connectivity index (χ0n) is 15.2. The van der Waals surface area contributed by atoms with Gasteiger partial charge in [-0.2, -0.15) is 0 Å². The number of unbranched alkanes of at least 4 members (excludes halogenated alkanes) is 1. The fourth-order valence-corrected chi connectivity index (χ4v) is 2.56. The Morgan fingerprint density at radius 2 is 2.12 bits per heavy atom. The third kappa shape index (κ3) is 6.38. The third-order valence-corrected chi connectivity index (χ3v) is 3.90. The first-order valence-electron chi connectivity index (χ1n) is 8.48. The summed E-state index contributed by atoms with van der Waals surface area (Å²) in [6.45, 7) is 8.00. The molecule has 1 N–H and O–H groups in total. The molecule has 1 aliphatic rings. The zero-order valence-corrected chi connectivity index (χ0v) is 15.2. The molecule has 1 saturated heterocycles. The molecular weight excluding hydrogens is 328 g/mol. The van der Waals surface area contributed by atoms with Crippen molar-refractivity contribution in [3.63, 3.8) is 0 Å². The van der Waals surface area contributed by atoms with E-state index in [-0.39, 0.29) is 18.6 Å². The standard InChI is InChI=1S/C17H28N2O6/c1-5-7-9-25-17(22)18-12(3)15(20)19-11-13(24-8-6-2)10-14(19)16(21)23-4/h6,12-14H,2,5,7-11H2,1,3-4H3,(H,18,22)/t12-,13?,14-/m0/s1. The van der Waals surface area contributed by atoms with Crippen molar-refractivity contribution in [2.45, 2.75) is 51.3 Å². The van der Waals surface area contributed by atoms with Crippen LogP contribution in [0.1, 0.15) is 33.1 Å². The number of esters is 1. The number of rotatable bonds is 9. The Balaban J connectivity index is 2.66. The van der Waals surface area contributed by atoms with Gasteiger partial charge in [-0.15, -0.1) is 6.58 Å². The van der Waals surface area contributed by atoms with Crippen molar-refractivity contribution in [2.24, 2.45) is 0 Å². The van der Waals surface area contributed by atoms with Gasteiger partial charge < -0.3 is 24.4 Å². The van der Waals surface area contributed by atoms with Crippen LogP contribution in [0.15, 0.2) is 12.7 Å². The number of amides is 2. The molecule has 1 fully saturated rings. The molecule has 0 radical (unpaired) electrons. The molecule has 1 heterocycles. The number of alkyl carbamates (subject to hydrolysis) is 1. The van der Waals surface area contributed by atoms with Gasteiger partial charge in [0.05, 0.1) is 26.4 Å². The number of nitrogens with one attached hydrogen (secondary N) is 1. The minimum absolute atomic E-state index is 0.253. The number of ether oxygens (including phenoxy) is 3. The number of carbonyl (C=O) groups is 3. The van der Waals surface area contributed by atoms with E-state index in [9.17, 15) is 14.4 Å². The fourth-order valence-electron chi connectivity index (χ4n) is 2.56. The average Bonchev–Trinajstić information content (AvgIpc) is 3.02. The highest BCUT2D eigenvalue weighted by Crippen LogP contribution is 2.22. The van der Waals surface area contributed by atoms with Gasteiger partial charge in [-0.05, 0) is 13.3 Å². The van der Waals surface area contributed by atoms with Crippen LogP contribution in [0, 0.1) is 0 Å². The van der Waals surface area contributed by atoms with Crippen LogP contribution >= 0.6 is 0 Å². The summed E-state index contributed by atoms with van der Waals surface area (Å²) >= 11 is 0. The molecule has 2 amide bonds. The van der Waals surface area contributed by atoms with Gasteiger partial charge in [0.15, 0.2) is 0 Å². The lowest BCUT2D eigenvalue weighted by atomic mass is 10.2. The van der Waals surface area contributed by atoms with Crippen molar-refractivity contribution in [1.82, 2.24) is 10.2 Å². The van der Waals surface area contributed by atoms with E-state index in [0.717, 1.165) is 12.8 Å². The molecule has 8 nitrogen and oxygen atoms in total.